The molecule has 182 valence electrons. The van der Waals surface area contributed by atoms with E-state index in [2.05, 4.69) is 65.5 Å². The van der Waals surface area contributed by atoms with E-state index in [-0.39, 0.29) is 0 Å². The number of hydrogen-bond acceptors (Lipinski definition) is 4. The quantitative estimate of drug-likeness (QED) is 0.451. The van der Waals surface area contributed by atoms with Crippen LogP contribution in [-0.4, -0.2) is 63.6 Å². The normalized spacial score (nSPS) is 18.0. The Labute approximate surface area is 205 Å². The number of pyridine rings is 1. The highest BCUT2D eigenvalue weighted by atomic mass is 15.3. The average Bonchev–Trinajstić information content (AvgIpc) is 3.16. The number of aryl methyl sites for hydroxylation is 4. The van der Waals surface area contributed by atoms with E-state index in [1.807, 2.05) is 0 Å². The Morgan fingerprint density at radius 2 is 1.62 bits per heavy atom. The summed E-state index contributed by atoms with van der Waals surface area (Å²) in [7, 11) is 0. The van der Waals surface area contributed by atoms with E-state index in [1.165, 1.54) is 81.6 Å². The maximum Gasteiger partial charge on any atom is 0.160 e. The molecule has 0 radical (unpaired) electrons. The summed E-state index contributed by atoms with van der Waals surface area (Å²) in [4.78, 5) is 15.1. The minimum atomic E-state index is 0.834. The molecule has 2 fully saturated rings. The first-order chi connectivity index (χ1) is 16.6. The summed E-state index contributed by atoms with van der Waals surface area (Å²) in [5, 5.41) is 0. The molecule has 0 N–H and O–H groups in total. The first kappa shape index (κ1) is 23.5. The van der Waals surface area contributed by atoms with Gasteiger partial charge in [-0.15, -0.1) is 0 Å². The van der Waals surface area contributed by atoms with E-state index in [1.54, 1.807) is 0 Å². The molecule has 5 heteroatoms. The van der Waals surface area contributed by atoms with Crippen LogP contribution in [0, 0.1) is 19.8 Å². The van der Waals surface area contributed by atoms with Crippen molar-refractivity contribution >= 4 is 11.2 Å². The maximum absolute atomic E-state index is 4.89. The summed E-state index contributed by atoms with van der Waals surface area (Å²) in [6.07, 6.45) is 7.72. The van der Waals surface area contributed by atoms with Crippen LogP contribution in [0.3, 0.4) is 0 Å². The average molecular weight is 460 g/mol. The van der Waals surface area contributed by atoms with Crippen molar-refractivity contribution in [2.75, 3.05) is 39.3 Å². The van der Waals surface area contributed by atoms with Crippen LogP contribution in [0.25, 0.3) is 11.2 Å². The molecule has 3 heterocycles. The zero-order chi connectivity index (χ0) is 23.5. The second-order valence-electron chi connectivity index (χ2n) is 10.6. The van der Waals surface area contributed by atoms with Gasteiger partial charge >= 0.3 is 0 Å². The van der Waals surface area contributed by atoms with E-state index in [9.17, 15) is 0 Å². The Morgan fingerprint density at radius 3 is 2.29 bits per heavy atom. The SMILES string of the molecule is CCc1nc2c(C)cc(C)nc2n1Cc1ccc(CCCN2CCN(CC3CCC3)CC2)cc1. The van der Waals surface area contributed by atoms with E-state index in [0.29, 0.717) is 0 Å². The van der Waals surface area contributed by atoms with Gasteiger partial charge in [0.25, 0.3) is 0 Å². The summed E-state index contributed by atoms with van der Waals surface area (Å²) in [6, 6.07) is 11.4. The standard InChI is InChI=1S/C29H41N5/c1-4-27-31-28-22(2)19-23(3)30-29(28)34(27)21-26-12-10-24(11-13-26)9-6-14-32-15-17-33(18-16-32)20-25-7-5-8-25/h10-13,19,25H,4-9,14-18,20-21H2,1-3H3. The lowest BCUT2D eigenvalue weighted by atomic mass is 9.85. The smallest absolute Gasteiger partial charge is 0.160 e. The summed E-state index contributed by atoms with van der Waals surface area (Å²) >= 11 is 0. The van der Waals surface area contributed by atoms with Gasteiger partial charge in [-0.3, -0.25) is 0 Å². The second-order valence-corrected chi connectivity index (χ2v) is 10.6. The molecular formula is C29H41N5. The topological polar surface area (TPSA) is 37.2 Å². The van der Waals surface area contributed by atoms with Crippen molar-refractivity contribution < 1.29 is 0 Å². The van der Waals surface area contributed by atoms with Gasteiger partial charge in [-0.2, -0.15) is 0 Å². The number of rotatable bonds is 9. The molecule has 5 nitrogen and oxygen atoms in total. The fourth-order valence-electron chi connectivity index (χ4n) is 5.62. The molecular weight excluding hydrogens is 418 g/mol. The highest BCUT2D eigenvalue weighted by molar-refractivity contribution is 5.76. The number of nitrogens with zero attached hydrogens (tertiary/aromatic N) is 5. The summed E-state index contributed by atoms with van der Waals surface area (Å²) in [5.74, 6) is 2.12. The molecule has 0 spiro atoms. The summed E-state index contributed by atoms with van der Waals surface area (Å²) in [5.41, 5.74) is 7.11. The number of fused-ring (bicyclic) bond motifs is 1. The van der Waals surface area contributed by atoms with Crippen molar-refractivity contribution in [3.05, 3.63) is 58.5 Å². The van der Waals surface area contributed by atoms with Crippen molar-refractivity contribution in [3.8, 4) is 0 Å². The maximum atomic E-state index is 4.89. The molecule has 2 aromatic heterocycles. The first-order valence-electron chi connectivity index (χ1n) is 13.4. The predicted octanol–water partition coefficient (Wildman–Crippen LogP) is 5.01. The van der Waals surface area contributed by atoms with Gasteiger partial charge < -0.3 is 14.4 Å². The lowest BCUT2D eigenvalue weighted by Gasteiger charge is -2.38. The van der Waals surface area contributed by atoms with Crippen molar-refractivity contribution in [2.24, 2.45) is 5.92 Å². The molecule has 2 aliphatic rings. The van der Waals surface area contributed by atoms with E-state index in [0.717, 1.165) is 48.0 Å². The summed E-state index contributed by atoms with van der Waals surface area (Å²) in [6.45, 7) is 14.8. The van der Waals surface area contributed by atoms with Gasteiger partial charge in [-0.25, -0.2) is 9.97 Å². The Kier molecular flexibility index (Phi) is 7.31. The highest BCUT2D eigenvalue weighted by Crippen LogP contribution is 2.27. The fraction of sp³-hybridized carbons (Fsp3) is 0.586. The lowest BCUT2D eigenvalue weighted by Crippen LogP contribution is -2.48. The Bertz CT molecular complexity index is 1090. The molecule has 1 aromatic carbocycles. The van der Waals surface area contributed by atoms with Crippen LogP contribution in [0.15, 0.2) is 30.3 Å². The molecule has 0 atom stereocenters. The van der Waals surface area contributed by atoms with Crippen molar-refractivity contribution in [2.45, 2.75) is 65.8 Å². The van der Waals surface area contributed by atoms with Crippen molar-refractivity contribution in [3.63, 3.8) is 0 Å². The van der Waals surface area contributed by atoms with Crippen LogP contribution in [0.2, 0.25) is 0 Å². The number of benzene rings is 1. The van der Waals surface area contributed by atoms with Crippen molar-refractivity contribution in [1.29, 1.82) is 0 Å². The van der Waals surface area contributed by atoms with Crippen LogP contribution >= 0.6 is 0 Å². The second kappa shape index (κ2) is 10.6. The molecule has 1 aliphatic carbocycles. The van der Waals surface area contributed by atoms with Crippen LogP contribution < -0.4 is 0 Å². The Hall–Kier alpha value is -2.24. The van der Waals surface area contributed by atoms with Gasteiger partial charge in [0, 0.05) is 44.8 Å². The Balaban J connectivity index is 1.12. The number of imidazole rings is 1. The number of aromatic nitrogens is 3. The monoisotopic (exact) mass is 459 g/mol. The summed E-state index contributed by atoms with van der Waals surface area (Å²) < 4.78 is 2.30. The molecule has 3 aromatic rings. The molecule has 1 saturated carbocycles. The van der Waals surface area contributed by atoms with Crippen LogP contribution in [-0.2, 0) is 19.4 Å². The Morgan fingerprint density at radius 1 is 0.912 bits per heavy atom. The zero-order valence-corrected chi connectivity index (χ0v) is 21.4. The molecule has 1 saturated heterocycles. The van der Waals surface area contributed by atoms with Gasteiger partial charge in [0.2, 0.25) is 0 Å². The van der Waals surface area contributed by atoms with Gasteiger partial charge in [-0.1, -0.05) is 37.6 Å². The van der Waals surface area contributed by atoms with Gasteiger partial charge in [-0.05, 0) is 74.8 Å². The third-order valence-corrected chi connectivity index (χ3v) is 7.93. The molecule has 1 aliphatic heterocycles. The fourth-order valence-corrected chi connectivity index (χ4v) is 5.62. The molecule has 34 heavy (non-hydrogen) atoms. The number of hydrogen-bond donors (Lipinski definition) is 0. The van der Waals surface area contributed by atoms with Gasteiger partial charge in [0.1, 0.15) is 11.3 Å². The lowest BCUT2D eigenvalue weighted by molar-refractivity contribution is 0.1000. The van der Waals surface area contributed by atoms with Crippen molar-refractivity contribution in [1.82, 2.24) is 24.3 Å². The highest BCUT2D eigenvalue weighted by Gasteiger charge is 2.23. The first-order valence-corrected chi connectivity index (χ1v) is 13.4. The molecule has 0 unspecified atom stereocenters. The van der Waals surface area contributed by atoms with E-state index < -0.39 is 0 Å². The molecule has 0 amide bonds. The van der Waals surface area contributed by atoms with Crippen LogP contribution in [0.4, 0.5) is 0 Å². The van der Waals surface area contributed by atoms with Gasteiger partial charge in [0.15, 0.2) is 5.65 Å². The predicted molar refractivity (Wildman–Crippen MR) is 140 cm³/mol. The van der Waals surface area contributed by atoms with E-state index >= 15 is 0 Å². The third-order valence-electron chi connectivity index (χ3n) is 7.93. The van der Waals surface area contributed by atoms with Gasteiger partial charge in [0.05, 0.1) is 6.54 Å². The van der Waals surface area contributed by atoms with E-state index in [4.69, 9.17) is 9.97 Å². The third kappa shape index (κ3) is 5.36. The zero-order valence-electron chi connectivity index (χ0n) is 21.4. The van der Waals surface area contributed by atoms with Crippen LogP contribution in [0.5, 0.6) is 0 Å². The molecule has 0 bridgehead atoms. The molecule has 5 rings (SSSR count). The largest absolute Gasteiger partial charge is 0.308 e. The number of piperazine rings is 1. The minimum absolute atomic E-state index is 0.834. The minimum Gasteiger partial charge on any atom is -0.308 e. The van der Waals surface area contributed by atoms with Crippen LogP contribution in [0.1, 0.15) is 60.8 Å².